The van der Waals surface area contributed by atoms with Crippen molar-refractivity contribution >= 4 is 24.3 Å². The maximum atomic E-state index is 10.0. The van der Waals surface area contributed by atoms with Crippen molar-refractivity contribution in [2.24, 2.45) is 9.98 Å². The standard InChI is InChI=1S/2C11H16N4O5/c2*16-2-6-8(18)9(19)11(20-6)15-4-14-7-5(17)1-12-3-13-10(7)15/h2*3-6,8-9,11,16-19H,1-2H2,(H,12,13)/t5-,6+,8-,9+,11+;5-,6-,8+,9-,11-/m01/s1. The molecular weight excluding hydrogens is 536 g/mol. The molecule has 2 aromatic rings. The lowest BCUT2D eigenvalue weighted by Gasteiger charge is -2.19. The Morgan fingerprint density at radius 1 is 0.675 bits per heavy atom. The largest absolute Gasteiger partial charge is 0.394 e. The van der Waals surface area contributed by atoms with Gasteiger partial charge in [0.1, 0.15) is 71.9 Å². The van der Waals surface area contributed by atoms with Gasteiger partial charge in [0, 0.05) is 0 Å². The third-order valence-corrected chi connectivity index (χ3v) is 7.00. The molecule has 0 saturated carbocycles. The van der Waals surface area contributed by atoms with Crippen molar-refractivity contribution in [1.82, 2.24) is 19.1 Å². The van der Waals surface area contributed by atoms with E-state index in [2.05, 4.69) is 30.6 Å². The second kappa shape index (κ2) is 11.8. The van der Waals surface area contributed by atoms with E-state index in [1.807, 2.05) is 0 Å². The molecule has 0 spiro atoms. The van der Waals surface area contributed by atoms with Crippen molar-refractivity contribution in [3.8, 4) is 0 Å². The topological polar surface area (TPSA) is 265 Å². The maximum Gasteiger partial charge on any atom is 0.165 e. The van der Waals surface area contributed by atoms with Crippen molar-refractivity contribution in [1.29, 1.82) is 0 Å². The van der Waals surface area contributed by atoms with Gasteiger partial charge < -0.3 is 61.0 Å². The molecule has 0 aromatic carbocycles. The van der Waals surface area contributed by atoms with Gasteiger partial charge in [-0.2, -0.15) is 0 Å². The van der Waals surface area contributed by atoms with Crippen molar-refractivity contribution in [2.75, 3.05) is 36.9 Å². The smallest absolute Gasteiger partial charge is 0.165 e. The third kappa shape index (κ3) is 5.09. The molecule has 6 heterocycles. The summed E-state index contributed by atoms with van der Waals surface area (Å²) in [6.45, 7) is -0.424. The van der Waals surface area contributed by atoms with Crippen LogP contribution in [0.3, 0.4) is 0 Å². The first-order valence-electron chi connectivity index (χ1n) is 12.5. The van der Waals surface area contributed by atoms with Gasteiger partial charge >= 0.3 is 0 Å². The van der Waals surface area contributed by atoms with Crippen LogP contribution in [0.15, 0.2) is 22.6 Å². The van der Waals surface area contributed by atoms with Gasteiger partial charge in [-0.25, -0.2) is 9.97 Å². The van der Waals surface area contributed by atoms with Crippen LogP contribution in [0.1, 0.15) is 36.1 Å². The lowest BCUT2D eigenvalue weighted by atomic mass is 10.1. The number of imidazole rings is 2. The van der Waals surface area contributed by atoms with Gasteiger partial charge in [0.2, 0.25) is 0 Å². The summed E-state index contributed by atoms with van der Waals surface area (Å²) in [5.41, 5.74) is 0.778. The maximum absolute atomic E-state index is 10.0. The molecule has 0 bridgehead atoms. The average molecular weight is 569 g/mol. The number of hydrogen-bond donors (Lipinski definition) is 10. The minimum Gasteiger partial charge on any atom is -0.394 e. The van der Waals surface area contributed by atoms with E-state index in [9.17, 15) is 30.6 Å². The summed E-state index contributed by atoms with van der Waals surface area (Å²) in [5, 5.41) is 83.3. The van der Waals surface area contributed by atoms with E-state index in [0.717, 1.165) is 0 Å². The predicted octanol–water partition coefficient (Wildman–Crippen LogP) is -4.04. The van der Waals surface area contributed by atoms with Crippen LogP contribution in [0.2, 0.25) is 0 Å². The highest BCUT2D eigenvalue weighted by atomic mass is 16.6. The number of rotatable bonds is 4. The second-order valence-corrected chi connectivity index (χ2v) is 9.54. The van der Waals surface area contributed by atoms with Gasteiger partial charge in [0.05, 0.1) is 51.6 Å². The van der Waals surface area contributed by atoms with Crippen LogP contribution < -0.4 is 10.6 Å². The van der Waals surface area contributed by atoms with Crippen LogP contribution in [-0.4, -0.2) is 136 Å². The van der Waals surface area contributed by atoms with Crippen LogP contribution in [0, 0.1) is 0 Å². The highest BCUT2D eigenvalue weighted by molar-refractivity contribution is 5.77. The van der Waals surface area contributed by atoms with Crippen LogP contribution in [0.4, 0.5) is 11.6 Å². The van der Waals surface area contributed by atoms with Crippen molar-refractivity contribution in [2.45, 2.75) is 61.3 Å². The first-order valence-corrected chi connectivity index (χ1v) is 12.5. The zero-order valence-electron chi connectivity index (χ0n) is 21.0. The molecule has 0 amide bonds. The summed E-state index contributed by atoms with van der Waals surface area (Å²) < 4.78 is 13.8. The van der Waals surface area contributed by atoms with E-state index in [-0.39, 0.29) is 13.1 Å². The Labute approximate surface area is 226 Å². The highest BCUT2D eigenvalue weighted by Gasteiger charge is 2.45. The van der Waals surface area contributed by atoms with Crippen molar-refractivity contribution < 1.29 is 50.3 Å². The Morgan fingerprint density at radius 2 is 1.07 bits per heavy atom. The number of hydrogen-bond acceptors (Lipinski definition) is 16. The number of nitrogens with zero attached hydrogens (tertiary/aromatic N) is 6. The molecule has 10 N–H and O–H groups in total. The van der Waals surface area contributed by atoms with Crippen LogP contribution in [0.25, 0.3) is 0 Å². The van der Waals surface area contributed by atoms with Gasteiger partial charge in [-0.05, 0) is 0 Å². The summed E-state index contributed by atoms with van der Waals surface area (Å²) >= 11 is 0. The zero-order valence-corrected chi connectivity index (χ0v) is 21.0. The number of aromatic nitrogens is 4. The number of ether oxygens (including phenoxy) is 2. The Morgan fingerprint density at radius 3 is 1.43 bits per heavy atom. The molecule has 2 saturated heterocycles. The quantitative estimate of drug-likeness (QED) is 0.168. The molecule has 18 nitrogen and oxygen atoms in total. The minimum absolute atomic E-state index is 0.187. The Balaban J connectivity index is 0.000000161. The molecule has 4 aliphatic heterocycles. The molecule has 0 radical (unpaired) electrons. The number of aliphatic hydroxyl groups excluding tert-OH is 8. The third-order valence-electron chi connectivity index (χ3n) is 7.00. The van der Waals surface area contributed by atoms with Gasteiger partial charge in [0.25, 0.3) is 0 Å². The SMILES string of the molecule is OC[C@H]1O[C@@H](n2cnc3c2NC=NC[C@@H]3O)[C@H](O)[C@H]1O.OC[C@H]1O[C@@H](n2cnc3c2NC=NC[C@H]3O)[C@H](O)[C@H]1O. The van der Waals surface area contributed by atoms with Crippen molar-refractivity contribution in [3.05, 3.63) is 24.0 Å². The van der Waals surface area contributed by atoms with Gasteiger partial charge in [-0.15, -0.1) is 0 Å². The predicted molar refractivity (Wildman–Crippen MR) is 134 cm³/mol. The van der Waals surface area contributed by atoms with Crippen molar-refractivity contribution in [3.63, 3.8) is 0 Å². The number of anilines is 2. The van der Waals surface area contributed by atoms with E-state index < -0.39 is 74.5 Å². The molecule has 4 aliphatic rings. The summed E-state index contributed by atoms with van der Waals surface area (Å²) in [5.74, 6) is 0.877. The summed E-state index contributed by atoms with van der Waals surface area (Å²) in [6, 6.07) is 0. The van der Waals surface area contributed by atoms with Crippen LogP contribution in [-0.2, 0) is 9.47 Å². The highest BCUT2D eigenvalue weighted by Crippen LogP contribution is 2.36. The molecule has 40 heavy (non-hydrogen) atoms. The number of aliphatic hydroxyl groups is 8. The molecule has 10 atom stereocenters. The average Bonchev–Trinajstić information content (AvgIpc) is 3.64. The number of nitrogens with one attached hydrogen (secondary N) is 2. The minimum atomic E-state index is -1.20. The fourth-order valence-corrected chi connectivity index (χ4v) is 4.83. The molecule has 2 aromatic heterocycles. The molecule has 0 aliphatic carbocycles. The van der Waals surface area contributed by atoms with Gasteiger partial charge in [0.15, 0.2) is 12.5 Å². The molecule has 18 heteroatoms. The first kappa shape index (κ1) is 28.5. The molecule has 220 valence electrons. The fraction of sp³-hybridized carbons (Fsp3) is 0.636. The van der Waals surface area contributed by atoms with Crippen LogP contribution >= 0.6 is 0 Å². The molecule has 6 rings (SSSR count). The summed E-state index contributed by atoms with van der Waals surface area (Å²) in [7, 11) is 0. The second-order valence-electron chi connectivity index (χ2n) is 9.54. The van der Waals surface area contributed by atoms with E-state index >= 15 is 0 Å². The van der Waals surface area contributed by atoms with Crippen LogP contribution in [0.5, 0.6) is 0 Å². The summed E-state index contributed by atoms with van der Waals surface area (Å²) in [4.78, 5) is 16.1. The summed E-state index contributed by atoms with van der Waals surface area (Å²) in [6.07, 6.45) is -4.36. The lowest BCUT2D eigenvalue weighted by molar-refractivity contribution is -0.0518. The Hall–Kier alpha value is -3.04. The van der Waals surface area contributed by atoms with E-state index in [0.29, 0.717) is 23.0 Å². The Bertz CT molecular complexity index is 1130. The normalized spacial score (nSPS) is 36.5. The van der Waals surface area contributed by atoms with E-state index in [1.54, 1.807) is 0 Å². The fourth-order valence-electron chi connectivity index (χ4n) is 4.83. The zero-order chi connectivity index (χ0) is 28.6. The molecule has 0 unspecified atom stereocenters. The number of fused-ring (bicyclic) bond motifs is 2. The Kier molecular flexibility index (Phi) is 8.42. The first-order chi connectivity index (χ1) is 19.3. The van der Waals surface area contributed by atoms with Gasteiger partial charge in [-0.1, -0.05) is 0 Å². The molecule has 2 fully saturated rings. The number of aliphatic imine (C=N–C) groups is 2. The van der Waals surface area contributed by atoms with E-state index in [4.69, 9.17) is 19.7 Å². The van der Waals surface area contributed by atoms with Gasteiger partial charge in [-0.3, -0.25) is 19.1 Å². The monoisotopic (exact) mass is 568 g/mol. The molecular formula is C22H32N8O10. The van der Waals surface area contributed by atoms with E-state index in [1.165, 1.54) is 34.5 Å². The lowest BCUT2D eigenvalue weighted by Crippen LogP contribution is -2.33.